The van der Waals surface area contributed by atoms with Crippen LogP contribution >= 0.6 is 0 Å². The van der Waals surface area contributed by atoms with Crippen LogP contribution in [0.5, 0.6) is 0 Å². The van der Waals surface area contributed by atoms with Crippen LogP contribution in [0.4, 0.5) is 5.82 Å². The number of nitrogen functional groups attached to an aromatic ring is 1. The molecule has 0 radical (unpaired) electrons. The van der Waals surface area contributed by atoms with E-state index in [1.165, 1.54) is 23.7 Å². The minimum absolute atomic E-state index is 0.0577. The van der Waals surface area contributed by atoms with Crippen molar-refractivity contribution in [2.24, 2.45) is 5.84 Å². The molecular formula is C11H20N4O3S. The molecule has 7 nitrogen and oxygen atoms in total. The molecule has 3 N–H and O–H groups in total. The van der Waals surface area contributed by atoms with Crippen molar-refractivity contribution in [3.05, 3.63) is 18.3 Å². The number of pyridine rings is 1. The highest BCUT2D eigenvalue weighted by Crippen LogP contribution is 2.23. The van der Waals surface area contributed by atoms with E-state index < -0.39 is 10.0 Å². The van der Waals surface area contributed by atoms with E-state index >= 15 is 0 Å². The number of sulfonamides is 1. The number of likely N-dealkylation sites (N-methyl/N-ethyl adjacent to an activating group) is 1. The van der Waals surface area contributed by atoms with Crippen molar-refractivity contribution >= 4 is 15.8 Å². The van der Waals surface area contributed by atoms with Crippen molar-refractivity contribution in [3.8, 4) is 0 Å². The molecule has 0 bridgehead atoms. The van der Waals surface area contributed by atoms with Crippen LogP contribution in [-0.4, -0.2) is 44.0 Å². The second kappa shape index (κ2) is 6.80. The summed E-state index contributed by atoms with van der Waals surface area (Å²) in [6.07, 6.45) is 1.48. The molecule has 0 aliphatic heterocycles. The SMILES string of the molecule is CCN(C(C)COC)S(=O)(=O)c1cccnc1NN. The summed E-state index contributed by atoms with van der Waals surface area (Å²) in [6.45, 7) is 4.22. The lowest BCUT2D eigenvalue weighted by molar-refractivity contribution is 0.142. The van der Waals surface area contributed by atoms with E-state index in [1.54, 1.807) is 19.9 Å². The monoisotopic (exact) mass is 288 g/mol. The van der Waals surface area contributed by atoms with E-state index in [1.807, 2.05) is 0 Å². The first-order valence-corrected chi connectivity index (χ1v) is 7.35. The summed E-state index contributed by atoms with van der Waals surface area (Å²) in [5, 5.41) is 0. The molecule has 0 aromatic carbocycles. The lowest BCUT2D eigenvalue weighted by atomic mass is 10.4. The van der Waals surface area contributed by atoms with E-state index in [4.69, 9.17) is 10.6 Å². The maximum Gasteiger partial charge on any atom is 0.247 e. The van der Waals surface area contributed by atoms with Gasteiger partial charge in [0.2, 0.25) is 10.0 Å². The van der Waals surface area contributed by atoms with E-state index in [2.05, 4.69) is 10.4 Å². The molecule has 8 heteroatoms. The van der Waals surface area contributed by atoms with Crippen LogP contribution in [0.1, 0.15) is 13.8 Å². The van der Waals surface area contributed by atoms with Crippen LogP contribution in [0, 0.1) is 0 Å². The van der Waals surface area contributed by atoms with Crippen molar-refractivity contribution in [1.82, 2.24) is 9.29 Å². The highest BCUT2D eigenvalue weighted by molar-refractivity contribution is 7.89. The Hall–Kier alpha value is -1.22. The van der Waals surface area contributed by atoms with E-state index in [0.717, 1.165) is 0 Å². The third-order valence-corrected chi connectivity index (χ3v) is 4.83. The first-order valence-electron chi connectivity index (χ1n) is 5.91. The lowest BCUT2D eigenvalue weighted by Crippen LogP contribution is -2.41. The second-order valence-electron chi connectivity index (χ2n) is 4.01. The summed E-state index contributed by atoms with van der Waals surface area (Å²) in [5.41, 5.74) is 2.30. The zero-order chi connectivity index (χ0) is 14.5. The second-order valence-corrected chi connectivity index (χ2v) is 5.87. The summed E-state index contributed by atoms with van der Waals surface area (Å²) in [6, 6.07) is 2.76. The molecule has 0 saturated heterocycles. The van der Waals surface area contributed by atoms with E-state index in [-0.39, 0.29) is 16.8 Å². The Balaban J connectivity index is 3.20. The smallest absolute Gasteiger partial charge is 0.247 e. The fourth-order valence-corrected chi connectivity index (χ4v) is 3.61. The Morgan fingerprint density at radius 2 is 2.26 bits per heavy atom. The summed E-state index contributed by atoms with van der Waals surface area (Å²) in [5.74, 6) is 5.43. The highest BCUT2D eigenvalue weighted by Gasteiger charge is 2.30. The molecule has 19 heavy (non-hydrogen) atoms. The van der Waals surface area contributed by atoms with Crippen LogP contribution in [0.25, 0.3) is 0 Å². The van der Waals surface area contributed by atoms with Gasteiger partial charge in [-0.1, -0.05) is 6.92 Å². The van der Waals surface area contributed by atoms with E-state index in [0.29, 0.717) is 13.2 Å². The molecule has 0 fully saturated rings. The molecule has 0 spiro atoms. The largest absolute Gasteiger partial charge is 0.383 e. The molecule has 1 atom stereocenters. The van der Waals surface area contributed by atoms with Crippen molar-refractivity contribution in [2.75, 3.05) is 25.7 Å². The first kappa shape index (κ1) is 15.8. The number of nitrogens with two attached hydrogens (primary N) is 1. The minimum Gasteiger partial charge on any atom is -0.383 e. The predicted molar refractivity (Wildman–Crippen MR) is 73.0 cm³/mol. The molecule has 1 rings (SSSR count). The molecule has 0 aliphatic carbocycles. The van der Waals surface area contributed by atoms with E-state index in [9.17, 15) is 8.42 Å². The number of nitrogens with one attached hydrogen (secondary N) is 1. The summed E-state index contributed by atoms with van der Waals surface area (Å²) in [7, 11) is -2.13. The molecule has 0 amide bonds. The van der Waals surface area contributed by atoms with Gasteiger partial charge in [0.05, 0.1) is 6.61 Å². The number of ether oxygens (including phenoxy) is 1. The van der Waals surface area contributed by atoms with Gasteiger partial charge in [-0.15, -0.1) is 0 Å². The van der Waals surface area contributed by atoms with Crippen molar-refractivity contribution < 1.29 is 13.2 Å². The lowest BCUT2D eigenvalue weighted by Gasteiger charge is -2.27. The highest BCUT2D eigenvalue weighted by atomic mass is 32.2. The van der Waals surface area contributed by atoms with Gasteiger partial charge in [-0.2, -0.15) is 4.31 Å². The number of nitrogens with zero attached hydrogens (tertiary/aromatic N) is 2. The standard InChI is InChI=1S/C11H20N4O3S/c1-4-15(9(2)8-18-3)19(16,17)10-6-5-7-13-11(10)14-12/h5-7,9H,4,8,12H2,1-3H3,(H,13,14). The number of aromatic nitrogens is 1. The van der Waals surface area contributed by atoms with Gasteiger partial charge in [-0.3, -0.25) is 0 Å². The van der Waals surface area contributed by atoms with Gasteiger partial charge in [0, 0.05) is 25.9 Å². The maximum atomic E-state index is 12.6. The number of hydrazine groups is 1. The third-order valence-electron chi connectivity index (χ3n) is 2.71. The quantitative estimate of drug-likeness (QED) is 0.557. The molecule has 0 saturated carbocycles. The zero-order valence-electron chi connectivity index (χ0n) is 11.3. The fraction of sp³-hybridized carbons (Fsp3) is 0.545. The van der Waals surface area contributed by atoms with Crippen molar-refractivity contribution in [1.29, 1.82) is 0 Å². The van der Waals surface area contributed by atoms with Crippen LogP contribution < -0.4 is 11.3 Å². The number of hydrogen-bond donors (Lipinski definition) is 2. The van der Waals surface area contributed by atoms with Gasteiger partial charge in [-0.05, 0) is 19.1 Å². The molecule has 1 aromatic heterocycles. The average molecular weight is 288 g/mol. The Bertz CT molecular complexity index is 506. The van der Waals surface area contributed by atoms with Crippen LogP contribution in [0.2, 0.25) is 0 Å². The topological polar surface area (TPSA) is 97.5 Å². The summed E-state index contributed by atoms with van der Waals surface area (Å²) >= 11 is 0. The maximum absolute atomic E-state index is 12.6. The summed E-state index contributed by atoms with van der Waals surface area (Å²) < 4.78 is 31.6. The van der Waals surface area contributed by atoms with Gasteiger partial charge in [-0.25, -0.2) is 19.2 Å². The van der Waals surface area contributed by atoms with Gasteiger partial charge < -0.3 is 10.2 Å². The predicted octanol–water partition coefficient (Wildman–Crippen LogP) is 0.413. The number of rotatable bonds is 7. The van der Waals surface area contributed by atoms with Crippen molar-refractivity contribution in [3.63, 3.8) is 0 Å². The molecule has 108 valence electrons. The Morgan fingerprint density at radius 3 is 2.79 bits per heavy atom. The van der Waals surface area contributed by atoms with Crippen LogP contribution in [-0.2, 0) is 14.8 Å². The molecule has 1 unspecified atom stereocenters. The Morgan fingerprint density at radius 1 is 1.58 bits per heavy atom. The average Bonchev–Trinajstić information content (AvgIpc) is 2.39. The van der Waals surface area contributed by atoms with Gasteiger partial charge in [0.1, 0.15) is 4.90 Å². The van der Waals surface area contributed by atoms with Crippen molar-refractivity contribution in [2.45, 2.75) is 24.8 Å². The summed E-state index contributed by atoms with van der Waals surface area (Å²) in [4.78, 5) is 3.97. The molecule has 0 aliphatic rings. The molecule has 1 aromatic rings. The zero-order valence-corrected chi connectivity index (χ0v) is 12.1. The Kier molecular flexibility index (Phi) is 5.67. The minimum atomic E-state index is -3.67. The number of anilines is 1. The van der Waals surface area contributed by atoms with Crippen LogP contribution in [0.15, 0.2) is 23.2 Å². The first-order chi connectivity index (χ1) is 8.98. The molecule has 1 heterocycles. The normalized spacial score (nSPS) is 13.5. The van der Waals surface area contributed by atoms with Gasteiger partial charge in [0.25, 0.3) is 0 Å². The number of methoxy groups -OCH3 is 1. The van der Waals surface area contributed by atoms with Gasteiger partial charge >= 0.3 is 0 Å². The Labute approximate surface area is 113 Å². The van der Waals surface area contributed by atoms with Gasteiger partial charge in [0.15, 0.2) is 5.82 Å². The number of hydrogen-bond acceptors (Lipinski definition) is 6. The third kappa shape index (κ3) is 3.41. The fourth-order valence-electron chi connectivity index (χ4n) is 1.88. The van der Waals surface area contributed by atoms with Crippen LogP contribution in [0.3, 0.4) is 0 Å². The molecular weight excluding hydrogens is 268 g/mol.